The molecule has 0 bridgehead atoms. The SMILES string of the molecule is CCC1CCC(Nc2ccc(SC(F)(F)F)cc2)CC1. The first-order valence-corrected chi connectivity index (χ1v) is 7.90. The minimum Gasteiger partial charge on any atom is -0.382 e. The van der Waals surface area contributed by atoms with E-state index in [1.807, 2.05) is 0 Å². The summed E-state index contributed by atoms with van der Waals surface area (Å²) >= 11 is -0.0690. The second kappa shape index (κ2) is 6.74. The molecule has 0 saturated heterocycles. The van der Waals surface area contributed by atoms with E-state index < -0.39 is 5.51 Å². The zero-order valence-electron chi connectivity index (χ0n) is 11.5. The van der Waals surface area contributed by atoms with Crippen LogP contribution < -0.4 is 5.32 Å². The van der Waals surface area contributed by atoms with Crippen LogP contribution in [-0.4, -0.2) is 11.6 Å². The molecule has 1 aliphatic carbocycles. The predicted octanol–water partition coefficient (Wildman–Crippen LogP) is 5.68. The Bertz CT molecular complexity index is 408. The van der Waals surface area contributed by atoms with Crippen molar-refractivity contribution in [3.63, 3.8) is 0 Å². The topological polar surface area (TPSA) is 12.0 Å². The monoisotopic (exact) mass is 303 g/mol. The van der Waals surface area contributed by atoms with Gasteiger partial charge in [0.15, 0.2) is 0 Å². The van der Waals surface area contributed by atoms with Crippen LogP contribution in [0.3, 0.4) is 0 Å². The van der Waals surface area contributed by atoms with E-state index >= 15 is 0 Å². The number of thioether (sulfide) groups is 1. The van der Waals surface area contributed by atoms with E-state index in [9.17, 15) is 13.2 Å². The van der Waals surface area contributed by atoms with Gasteiger partial charge in [0.2, 0.25) is 0 Å². The summed E-state index contributed by atoms with van der Waals surface area (Å²) in [5, 5.41) is 3.43. The highest BCUT2D eigenvalue weighted by Crippen LogP contribution is 2.37. The lowest BCUT2D eigenvalue weighted by Gasteiger charge is -2.29. The number of hydrogen-bond acceptors (Lipinski definition) is 2. The van der Waals surface area contributed by atoms with Crippen molar-refractivity contribution in [2.75, 3.05) is 5.32 Å². The van der Waals surface area contributed by atoms with Crippen molar-refractivity contribution in [3.8, 4) is 0 Å². The first-order valence-electron chi connectivity index (χ1n) is 7.08. The summed E-state index contributed by atoms with van der Waals surface area (Å²) < 4.78 is 36.7. The quantitative estimate of drug-likeness (QED) is 0.718. The number of hydrogen-bond donors (Lipinski definition) is 1. The van der Waals surface area contributed by atoms with E-state index in [0.717, 1.165) is 24.4 Å². The minimum absolute atomic E-state index is 0.0690. The molecular formula is C15H20F3NS. The number of benzene rings is 1. The van der Waals surface area contributed by atoms with Crippen LogP contribution in [0.5, 0.6) is 0 Å². The molecule has 0 heterocycles. The summed E-state index contributed by atoms with van der Waals surface area (Å²) in [6, 6.07) is 6.98. The first-order chi connectivity index (χ1) is 9.46. The van der Waals surface area contributed by atoms with Crippen LogP contribution in [0.4, 0.5) is 18.9 Å². The van der Waals surface area contributed by atoms with Gasteiger partial charge in [-0.25, -0.2) is 0 Å². The molecule has 112 valence electrons. The van der Waals surface area contributed by atoms with E-state index in [-0.39, 0.29) is 16.7 Å². The Hall–Kier alpha value is -0.840. The summed E-state index contributed by atoms with van der Waals surface area (Å²) in [4.78, 5) is 0.234. The molecule has 1 aromatic carbocycles. The molecule has 1 aliphatic rings. The molecule has 0 radical (unpaired) electrons. The summed E-state index contributed by atoms with van der Waals surface area (Å²) in [7, 11) is 0. The lowest BCUT2D eigenvalue weighted by Crippen LogP contribution is -2.25. The van der Waals surface area contributed by atoms with E-state index in [2.05, 4.69) is 12.2 Å². The molecule has 1 N–H and O–H groups in total. The largest absolute Gasteiger partial charge is 0.446 e. The predicted molar refractivity (Wildman–Crippen MR) is 78.0 cm³/mol. The molecule has 1 saturated carbocycles. The van der Waals surface area contributed by atoms with E-state index in [4.69, 9.17) is 0 Å². The molecule has 0 aliphatic heterocycles. The number of alkyl halides is 3. The normalized spacial score (nSPS) is 23.6. The van der Waals surface area contributed by atoms with E-state index in [1.54, 1.807) is 12.1 Å². The van der Waals surface area contributed by atoms with Gasteiger partial charge in [-0.3, -0.25) is 0 Å². The van der Waals surface area contributed by atoms with Gasteiger partial charge in [0, 0.05) is 16.6 Å². The third kappa shape index (κ3) is 4.93. The Morgan fingerprint density at radius 3 is 2.20 bits per heavy atom. The van der Waals surface area contributed by atoms with E-state index in [0.29, 0.717) is 6.04 Å². The summed E-state index contributed by atoms with van der Waals surface area (Å²) in [5.41, 5.74) is -3.30. The second-order valence-electron chi connectivity index (χ2n) is 5.34. The zero-order chi connectivity index (χ0) is 14.6. The summed E-state index contributed by atoms with van der Waals surface area (Å²) in [6.07, 6.45) is 6.04. The van der Waals surface area contributed by atoms with Gasteiger partial charge in [0.05, 0.1) is 0 Å². The van der Waals surface area contributed by atoms with Crippen LogP contribution in [-0.2, 0) is 0 Å². The van der Waals surface area contributed by atoms with Gasteiger partial charge in [-0.1, -0.05) is 13.3 Å². The van der Waals surface area contributed by atoms with Gasteiger partial charge in [0.1, 0.15) is 0 Å². The van der Waals surface area contributed by atoms with Crippen LogP contribution in [0.2, 0.25) is 0 Å². The fraction of sp³-hybridized carbons (Fsp3) is 0.600. The van der Waals surface area contributed by atoms with Crippen molar-refractivity contribution in [1.29, 1.82) is 0 Å². The molecule has 1 aromatic rings. The summed E-state index contributed by atoms with van der Waals surface area (Å²) in [6.45, 7) is 2.23. The number of nitrogens with one attached hydrogen (secondary N) is 1. The van der Waals surface area contributed by atoms with Crippen LogP contribution in [0, 0.1) is 5.92 Å². The fourth-order valence-electron chi connectivity index (χ4n) is 2.70. The zero-order valence-corrected chi connectivity index (χ0v) is 12.4. The van der Waals surface area contributed by atoms with Gasteiger partial charge in [0.25, 0.3) is 0 Å². The molecule has 0 aromatic heterocycles. The molecule has 1 nitrogen and oxygen atoms in total. The smallest absolute Gasteiger partial charge is 0.382 e. The highest BCUT2D eigenvalue weighted by Gasteiger charge is 2.29. The lowest BCUT2D eigenvalue weighted by atomic mass is 9.84. The van der Waals surface area contributed by atoms with Gasteiger partial charge in [-0.15, -0.1) is 0 Å². The van der Waals surface area contributed by atoms with Crippen molar-refractivity contribution in [1.82, 2.24) is 0 Å². The average Bonchev–Trinajstić information content (AvgIpc) is 2.40. The minimum atomic E-state index is -4.21. The third-order valence-corrected chi connectivity index (χ3v) is 4.62. The maximum atomic E-state index is 12.2. The molecule has 1 fully saturated rings. The van der Waals surface area contributed by atoms with Crippen molar-refractivity contribution in [3.05, 3.63) is 24.3 Å². The van der Waals surface area contributed by atoms with Crippen LogP contribution in [0.1, 0.15) is 39.0 Å². The maximum absolute atomic E-state index is 12.2. The molecule has 20 heavy (non-hydrogen) atoms. The average molecular weight is 303 g/mol. The molecule has 0 atom stereocenters. The molecule has 0 spiro atoms. The highest BCUT2D eigenvalue weighted by molar-refractivity contribution is 8.00. The number of rotatable bonds is 4. The molecule has 2 rings (SSSR count). The Morgan fingerprint density at radius 2 is 1.70 bits per heavy atom. The van der Waals surface area contributed by atoms with Crippen LogP contribution >= 0.6 is 11.8 Å². The lowest BCUT2D eigenvalue weighted by molar-refractivity contribution is -0.0328. The van der Waals surface area contributed by atoms with Crippen molar-refractivity contribution in [2.24, 2.45) is 5.92 Å². The maximum Gasteiger partial charge on any atom is 0.446 e. The first kappa shape index (κ1) is 15.5. The standard InChI is InChI=1S/C15H20F3NS/c1-2-11-3-5-12(6-4-11)19-13-7-9-14(10-8-13)20-15(16,17)18/h7-12,19H,2-6H2,1H3. The Morgan fingerprint density at radius 1 is 1.10 bits per heavy atom. The molecule has 5 heteroatoms. The second-order valence-corrected chi connectivity index (χ2v) is 6.48. The number of halogens is 3. The van der Waals surface area contributed by atoms with Crippen LogP contribution in [0.25, 0.3) is 0 Å². The Balaban J connectivity index is 1.85. The summed E-state index contributed by atoms with van der Waals surface area (Å²) in [5.74, 6) is 0.846. The third-order valence-electron chi connectivity index (χ3n) is 3.88. The Labute approximate surface area is 122 Å². The Kier molecular flexibility index (Phi) is 5.24. The van der Waals surface area contributed by atoms with Gasteiger partial charge in [-0.2, -0.15) is 13.2 Å². The molecule has 0 amide bonds. The van der Waals surface area contributed by atoms with E-state index in [1.165, 1.54) is 31.4 Å². The fourth-order valence-corrected chi connectivity index (χ4v) is 3.24. The highest BCUT2D eigenvalue weighted by atomic mass is 32.2. The van der Waals surface area contributed by atoms with Gasteiger partial charge >= 0.3 is 5.51 Å². The van der Waals surface area contributed by atoms with Crippen molar-refractivity contribution < 1.29 is 13.2 Å². The van der Waals surface area contributed by atoms with Crippen molar-refractivity contribution in [2.45, 2.75) is 55.5 Å². The van der Waals surface area contributed by atoms with Gasteiger partial charge < -0.3 is 5.32 Å². The molecular weight excluding hydrogens is 283 g/mol. The number of anilines is 1. The van der Waals surface area contributed by atoms with Crippen molar-refractivity contribution >= 4 is 17.4 Å². The van der Waals surface area contributed by atoms with Crippen LogP contribution in [0.15, 0.2) is 29.2 Å². The van der Waals surface area contributed by atoms with Gasteiger partial charge in [-0.05, 0) is 67.6 Å². The molecule has 0 unspecified atom stereocenters.